The SMILES string of the molecule is CC(=O)N1CCN(C(=O)C(=O)c2c[nH]c3c(-n4ccnn4)ncc(F)c23)CC1. The van der Waals surface area contributed by atoms with E-state index in [4.69, 9.17) is 0 Å². The van der Waals surface area contributed by atoms with Gasteiger partial charge >= 0.3 is 0 Å². The molecule has 28 heavy (non-hydrogen) atoms. The highest BCUT2D eigenvalue weighted by Gasteiger charge is 2.30. The van der Waals surface area contributed by atoms with E-state index in [0.29, 0.717) is 13.1 Å². The number of carbonyl (C=O) groups excluding carboxylic acids is 3. The van der Waals surface area contributed by atoms with Crippen LogP contribution in [0.3, 0.4) is 0 Å². The van der Waals surface area contributed by atoms with Gasteiger partial charge in [0.1, 0.15) is 0 Å². The lowest BCUT2D eigenvalue weighted by atomic mass is 10.1. The number of H-pyrrole nitrogens is 1. The van der Waals surface area contributed by atoms with Gasteiger partial charge in [0.2, 0.25) is 5.91 Å². The van der Waals surface area contributed by atoms with Gasteiger partial charge in [0.05, 0.1) is 35.1 Å². The fraction of sp³-hybridized carbons (Fsp3) is 0.294. The summed E-state index contributed by atoms with van der Waals surface area (Å²) < 4.78 is 15.8. The van der Waals surface area contributed by atoms with Crippen molar-refractivity contribution in [3.8, 4) is 5.82 Å². The average molecular weight is 385 g/mol. The van der Waals surface area contributed by atoms with E-state index in [1.165, 1.54) is 35.1 Å². The first-order valence-electron chi connectivity index (χ1n) is 8.58. The molecular weight excluding hydrogens is 369 g/mol. The Balaban J connectivity index is 1.64. The molecule has 4 heterocycles. The summed E-state index contributed by atoms with van der Waals surface area (Å²) in [6, 6.07) is 0. The summed E-state index contributed by atoms with van der Waals surface area (Å²) in [6.07, 6.45) is 5.24. The Morgan fingerprint density at radius 3 is 2.50 bits per heavy atom. The summed E-state index contributed by atoms with van der Waals surface area (Å²) in [5.41, 5.74) is 0.165. The van der Waals surface area contributed by atoms with Crippen molar-refractivity contribution in [2.45, 2.75) is 6.92 Å². The summed E-state index contributed by atoms with van der Waals surface area (Å²) in [5, 5.41) is 7.48. The Labute approximate surface area is 157 Å². The smallest absolute Gasteiger partial charge is 0.295 e. The van der Waals surface area contributed by atoms with Crippen LogP contribution < -0.4 is 0 Å². The van der Waals surface area contributed by atoms with E-state index in [0.717, 1.165) is 6.20 Å². The number of pyridine rings is 1. The van der Waals surface area contributed by atoms with Gasteiger partial charge in [0, 0.05) is 39.3 Å². The van der Waals surface area contributed by atoms with Crippen LogP contribution in [-0.2, 0) is 9.59 Å². The van der Waals surface area contributed by atoms with Crippen molar-refractivity contribution in [2.24, 2.45) is 0 Å². The predicted octanol–water partition coefficient (Wildman–Crippen LogP) is 0.156. The molecule has 4 rings (SSSR count). The Morgan fingerprint density at radius 1 is 1.14 bits per heavy atom. The normalized spacial score (nSPS) is 14.5. The van der Waals surface area contributed by atoms with Gasteiger partial charge in [0.25, 0.3) is 11.7 Å². The second-order valence-electron chi connectivity index (χ2n) is 6.36. The number of ketones is 1. The maximum atomic E-state index is 14.5. The van der Waals surface area contributed by atoms with Gasteiger partial charge in [-0.1, -0.05) is 5.21 Å². The number of aromatic amines is 1. The predicted molar refractivity (Wildman–Crippen MR) is 94.1 cm³/mol. The number of halogens is 1. The third-order valence-corrected chi connectivity index (χ3v) is 4.73. The van der Waals surface area contributed by atoms with Crippen LogP contribution >= 0.6 is 0 Å². The van der Waals surface area contributed by atoms with Gasteiger partial charge in [-0.05, 0) is 0 Å². The summed E-state index contributed by atoms with van der Waals surface area (Å²) in [5.74, 6) is -2.10. The molecule has 0 unspecified atom stereocenters. The first-order valence-corrected chi connectivity index (χ1v) is 8.58. The monoisotopic (exact) mass is 385 g/mol. The molecule has 0 radical (unpaired) electrons. The van der Waals surface area contributed by atoms with Gasteiger partial charge in [-0.15, -0.1) is 5.10 Å². The number of amides is 2. The zero-order valence-corrected chi connectivity index (χ0v) is 14.9. The lowest BCUT2D eigenvalue weighted by Crippen LogP contribution is -2.51. The molecule has 1 aliphatic heterocycles. The van der Waals surface area contributed by atoms with Gasteiger partial charge < -0.3 is 14.8 Å². The summed E-state index contributed by atoms with van der Waals surface area (Å²) in [7, 11) is 0. The molecular formula is C17H16FN7O3. The number of piperazine rings is 1. The summed E-state index contributed by atoms with van der Waals surface area (Å²) in [6.45, 7) is 2.67. The molecule has 1 aliphatic rings. The molecule has 1 N–H and O–H groups in total. The fourth-order valence-electron chi connectivity index (χ4n) is 3.25. The number of fused-ring (bicyclic) bond motifs is 1. The molecule has 1 fully saturated rings. The van der Waals surface area contributed by atoms with Gasteiger partial charge in [-0.2, -0.15) is 0 Å². The minimum atomic E-state index is -0.822. The number of hydrogen-bond donors (Lipinski definition) is 1. The van der Waals surface area contributed by atoms with E-state index in [1.807, 2.05) is 0 Å². The molecule has 0 spiro atoms. The number of carbonyl (C=O) groups is 3. The van der Waals surface area contributed by atoms with Crippen LogP contribution in [0.4, 0.5) is 4.39 Å². The minimum absolute atomic E-state index is 0.0266. The molecule has 1 saturated heterocycles. The van der Waals surface area contributed by atoms with Crippen LogP contribution in [0, 0.1) is 5.82 Å². The van der Waals surface area contributed by atoms with Crippen LogP contribution in [0.5, 0.6) is 0 Å². The molecule has 0 saturated carbocycles. The topological polar surface area (TPSA) is 117 Å². The number of rotatable bonds is 3. The summed E-state index contributed by atoms with van der Waals surface area (Å²) >= 11 is 0. The lowest BCUT2D eigenvalue weighted by Gasteiger charge is -2.33. The van der Waals surface area contributed by atoms with Crippen molar-refractivity contribution < 1.29 is 18.8 Å². The highest BCUT2D eigenvalue weighted by molar-refractivity contribution is 6.45. The molecule has 3 aromatic heterocycles. The minimum Gasteiger partial charge on any atom is -0.357 e. The molecule has 0 bridgehead atoms. The Morgan fingerprint density at radius 2 is 1.86 bits per heavy atom. The number of Topliss-reactive ketones (excluding diaryl/α,β-unsaturated/α-hetero) is 1. The van der Waals surface area contributed by atoms with Crippen LogP contribution in [-0.4, -0.2) is 78.5 Å². The first-order chi connectivity index (χ1) is 13.5. The van der Waals surface area contributed by atoms with Crippen LogP contribution in [0.1, 0.15) is 17.3 Å². The van der Waals surface area contributed by atoms with Crippen molar-refractivity contribution in [3.63, 3.8) is 0 Å². The van der Waals surface area contributed by atoms with Crippen molar-refractivity contribution in [3.05, 3.63) is 36.2 Å². The van der Waals surface area contributed by atoms with E-state index in [-0.39, 0.29) is 41.3 Å². The second-order valence-corrected chi connectivity index (χ2v) is 6.36. The molecule has 3 aromatic rings. The van der Waals surface area contributed by atoms with Gasteiger partial charge in [-0.25, -0.2) is 14.1 Å². The number of nitrogens with one attached hydrogen (secondary N) is 1. The quantitative estimate of drug-likeness (QED) is 0.507. The fourth-order valence-corrected chi connectivity index (χ4v) is 3.25. The molecule has 2 amide bonds. The summed E-state index contributed by atoms with van der Waals surface area (Å²) in [4.78, 5) is 46.6. The molecule has 11 heteroatoms. The van der Waals surface area contributed by atoms with Crippen molar-refractivity contribution in [1.29, 1.82) is 0 Å². The molecule has 0 aromatic carbocycles. The molecule has 0 aliphatic carbocycles. The Kier molecular flexibility index (Phi) is 4.34. The van der Waals surface area contributed by atoms with E-state index in [9.17, 15) is 18.8 Å². The van der Waals surface area contributed by atoms with Crippen LogP contribution in [0.15, 0.2) is 24.8 Å². The Bertz CT molecular complexity index is 1070. The Hall–Kier alpha value is -3.63. The number of hydrogen-bond acceptors (Lipinski definition) is 6. The van der Waals surface area contributed by atoms with E-state index < -0.39 is 17.5 Å². The van der Waals surface area contributed by atoms with Crippen LogP contribution in [0.2, 0.25) is 0 Å². The number of nitrogens with zero attached hydrogens (tertiary/aromatic N) is 6. The zero-order chi connectivity index (χ0) is 19.8. The first kappa shape index (κ1) is 17.8. The zero-order valence-electron chi connectivity index (χ0n) is 14.9. The van der Waals surface area contributed by atoms with E-state index in [1.54, 1.807) is 4.90 Å². The molecule has 10 nitrogen and oxygen atoms in total. The standard InChI is InChI=1S/C17H16FN7O3/c1-10(26)23-4-6-24(7-5-23)17(28)15(27)11-8-19-14-13(11)12(18)9-20-16(14)25-3-2-21-22-25/h2-3,8-9,19H,4-7H2,1H3. The van der Waals surface area contributed by atoms with Crippen LogP contribution in [0.25, 0.3) is 16.7 Å². The number of aromatic nitrogens is 5. The van der Waals surface area contributed by atoms with Crippen molar-refractivity contribution >= 4 is 28.5 Å². The van der Waals surface area contributed by atoms with E-state index >= 15 is 0 Å². The molecule has 0 atom stereocenters. The third kappa shape index (κ3) is 2.90. The van der Waals surface area contributed by atoms with E-state index in [2.05, 4.69) is 20.3 Å². The van der Waals surface area contributed by atoms with Gasteiger partial charge in [-0.3, -0.25) is 14.4 Å². The average Bonchev–Trinajstić information content (AvgIpc) is 3.38. The van der Waals surface area contributed by atoms with Crippen molar-refractivity contribution in [1.82, 2.24) is 34.8 Å². The maximum absolute atomic E-state index is 14.5. The lowest BCUT2D eigenvalue weighted by molar-refractivity contribution is -0.135. The van der Waals surface area contributed by atoms with Crippen molar-refractivity contribution in [2.75, 3.05) is 26.2 Å². The third-order valence-electron chi connectivity index (χ3n) is 4.73. The highest BCUT2D eigenvalue weighted by atomic mass is 19.1. The molecule has 144 valence electrons. The highest BCUT2D eigenvalue weighted by Crippen LogP contribution is 2.26. The van der Waals surface area contributed by atoms with Gasteiger partial charge in [0.15, 0.2) is 11.6 Å². The maximum Gasteiger partial charge on any atom is 0.295 e. The largest absolute Gasteiger partial charge is 0.357 e. The second kappa shape index (κ2) is 6.83.